The summed E-state index contributed by atoms with van der Waals surface area (Å²) in [6, 6.07) is 0. The zero-order valence-electron chi connectivity index (χ0n) is 5.00. The largest absolute Gasteiger partial charge is 0.486 e. The number of H-pyrrole nitrogens is 1. The van der Waals surface area contributed by atoms with Crippen LogP contribution in [-0.2, 0) is 0 Å². The molecule has 0 atom stereocenters. The topological polar surface area (TPSA) is 37.9 Å². The Balaban J connectivity index is 2.38. The fourth-order valence-electron chi connectivity index (χ4n) is 0.473. The van der Waals surface area contributed by atoms with Gasteiger partial charge in [0.1, 0.15) is 6.61 Å². The van der Waals surface area contributed by atoms with Crippen LogP contribution in [0.15, 0.2) is 25.0 Å². The molecular weight excluding hydrogens is 116 g/mol. The Morgan fingerprint density at radius 2 is 2.78 bits per heavy atom. The predicted molar refractivity (Wildman–Crippen MR) is 34.3 cm³/mol. The van der Waals surface area contributed by atoms with Crippen LogP contribution in [0.5, 0.6) is 5.75 Å². The average molecular weight is 124 g/mol. The van der Waals surface area contributed by atoms with Crippen molar-refractivity contribution in [1.82, 2.24) is 10.2 Å². The Morgan fingerprint density at radius 1 is 1.89 bits per heavy atom. The molecule has 1 heterocycles. The maximum Gasteiger partial charge on any atom is 0.157 e. The van der Waals surface area contributed by atoms with Gasteiger partial charge in [-0.25, -0.2) is 0 Å². The van der Waals surface area contributed by atoms with Crippen LogP contribution in [0.2, 0.25) is 0 Å². The monoisotopic (exact) mass is 124 g/mol. The second-order valence-electron chi connectivity index (χ2n) is 1.53. The fourth-order valence-corrected chi connectivity index (χ4v) is 0.473. The highest BCUT2D eigenvalue weighted by atomic mass is 16.5. The molecule has 0 aromatic carbocycles. The van der Waals surface area contributed by atoms with Gasteiger partial charge in [0.25, 0.3) is 0 Å². The van der Waals surface area contributed by atoms with Gasteiger partial charge in [-0.2, -0.15) is 5.10 Å². The fraction of sp³-hybridized carbons (Fsp3) is 0.167. The van der Waals surface area contributed by atoms with Crippen LogP contribution in [0.1, 0.15) is 0 Å². The third-order valence-electron chi connectivity index (χ3n) is 0.841. The van der Waals surface area contributed by atoms with E-state index < -0.39 is 0 Å². The summed E-state index contributed by atoms with van der Waals surface area (Å²) in [5.41, 5.74) is 0. The molecule has 0 fully saturated rings. The van der Waals surface area contributed by atoms with Crippen molar-refractivity contribution >= 4 is 0 Å². The molecule has 0 aliphatic rings. The lowest BCUT2D eigenvalue weighted by Gasteiger charge is -1.94. The van der Waals surface area contributed by atoms with Crippen molar-refractivity contribution in [3.05, 3.63) is 25.0 Å². The van der Waals surface area contributed by atoms with Gasteiger partial charge in [-0.1, -0.05) is 12.7 Å². The van der Waals surface area contributed by atoms with Crippen LogP contribution in [0.4, 0.5) is 0 Å². The van der Waals surface area contributed by atoms with Gasteiger partial charge in [-0.15, -0.1) is 0 Å². The molecule has 0 spiro atoms. The second kappa shape index (κ2) is 2.91. The summed E-state index contributed by atoms with van der Waals surface area (Å²) >= 11 is 0. The van der Waals surface area contributed by atoms with Crippen molar-refractivity contribution in [2.45, 2.75) is 0 Å². The van der Waals surface area contributed by atoms with Gasteiger partial charge in [0, 0.05) is 0 Å². The number of aromatic amines is 1. The molecule has 1 aromatic heterocycles. The third kappa shape index (κ3) is 1.60. The zero-order valence-corrected chi connectivity index (χ0v) is 5.00. The van der Waals surface area contributed by atoms with E-state index in [9.17, 15) is 0 Å². The van der Waals surface area contributed by atoms with Crippen LogP contribution in [0, 0.1) is 0 Å². The minimum atomic E-state index is 0.527. The summed E-state index contributed by atoms with van der Waals surface area (Å²) in [4.78, 5) is 0. The molecule has 1 rings (SSSR count). The second-order valence-corrected chi connectivity index (χ2v) is 1.53. The summed E-state index contributed by atoms with van der Waals surface area (Å²) in [6.07, 6.45) is 4.99. The minimum absolute atomic E-state index is 0.527. The molecule has 0 aliphatic heterocycles. The Morgan fingerprint density at radius 3 is 3.33 bits per heavy atom. The van der Waals surface area contributed by atoms with Gasteiger partial charge in [0.15, 0.2) is 5.75 Å². The predicted octanol–water partition coefficient (Wildman–Crippen LogP) is 0.974. The first-order valence-corrected chi connectivity index (χ1v) is 2.66. The molecule has 1 N–H and O–H groups in total. The van der Waals surface area contributed by atoms with Crippen molar-refractivity contribution in [3.8, 4) is 5.75 Å². The Kier molecular flexibility index (Phi) is 1.90. The molecule has 3 heteroatoms. The number of aromatic nitrogens is 2. The smallest absolute Gasteiger partial charge is 0.157 e. The van der Waals surface area contributed by atoms with Crippen LogP contribution < -0.4 is 4.74 Å². The lowest BCUT2D eigenvalue weighted by molar-refractivity contribution is 0.363. The summed E-state index contributed by atoms with van der Waals surface area (Å²) in [6.45, 7) is 4.03. The van der Waals surface area contributed by atoms with Crippen molar-refractivity contribution in [3.63, 3.8) is 0 Å². The van der Waals surface area contributed by atoms with E-state index in [-0.39, 0.29) is 0 Å². The highest BCUT2D eigenvalue weighted by Gasteiger charge is 1.88. The maximum absolute atomic E-state index is 5.08. The van der Waals surface area contributed by atoms with Crippen molar-refractivity contribution in [2.75, 3.05) is 6.61 Å². The van der Waals surface area contributed by atoms with Gasteiger partial charge in [-0.05, 0) is 0 Å². The lowest BCUT2D eigenvalue weighted by atomic mass is 10.6. The molecule has 0 unspecified atom stereocenters. The first-order chi connectivity index (χ1) is 4.43. The molecule has 3 nitrogen and oxygen atoms in total. The maximum atomic E-state index is 5.08. The summed E-state index contributed by atoms with van der Waals surface area (Å²) < 4.78 is 5.08. The van der Waals surface area contributed by atoms with E-state index in [1.54, 1.807) is 18.5 Å². The SMILES string of the molecule is C=CCOc1cn[nH]c1. The highest BCUT2D eigenvalue weighted by Crippen LogP contribution is 2.03. The van der Waals surface area contributed by atoms with E-state index in [2.05, 4.69) is 16.8 Å². The standard InChI is InChI=1S/C6H8N2O/c1-2-3-9-6-4-7-8-5-6/h2,4-5H,1,3H2,(H,7,8). The van der Waals surface area contributed by atoms with E-state index in [0.29, 0.717) is 6.61 Å². The molecule has 1 aromatic rings. The minimum Gasteiger partial charge on any atom is -0.486 e. The Hall–Kier alpha value is -1.25. The molecule has 0 saturated carbocycles. The summed E-state index contributed by atoms with van der Waals surface area (Å²) in [7, 11) is 0. The highest BCUT2D eigenvalue weighted by molar-refractivity contribution is 5.10. The zero-order chi connectivity index (χ0) is 6.53. The molecule has 9 heavy (non-hydrogen) atoms. The van der Waals surface area contributed by atoms with E-state index in [0.717, 1.165) is 5.75 Å². The van der Waals surface area contributed by atoms with Gasteiger partial charge < -0.3 is 4.74 Å². The number of hydrogen-bond acceptors (Lipinski definition) is 2. The number of ether oxygens (including phenoxy) is 1. The molecule has 0 saturated heterocycles. The number of hydrogen-bond donors (Lipinski definition) is 1. The summed E-state index contributed by atoms with van der Waals surface area (Å²) in [5, 5.41) is 6.32. The first kappa shape index (κ1) is 5.88. The third-order valence-corrected chi connectivity index (χ3v) is 0.841. The van der Waals surface area contributed by atoms with Gasteiger partial charge >= 0.3 is 0 Å². The van der Waals surface area contributed by atoms with Crippen LogP contribution in [0.25, 0.3) is 0 Å². The van der Waals surface area contributed by atoms with Gasteiger partial charge in [-0.3, -0.25) is 5.10 Å². The van der Waals surface area contributed by atoms with Crippen molar-refractivity contribution in [1.29, 1.82) is 0 Å². The molecule has 48 valence electrons. The van der Waals surface area contributed by atoms with Crippen molar-refractivity contribution in [2.24, 2.45) is 0 Å². The van der Waals surface area contributed by atoms with Crippen molar-refractivity contribution < 1.29 is 4.74 Å². The van der Waals surface area contributed by atoms with Crippen LogP contribution in [-0.4, -0.2) is 16.8 Å². The number of nitrogens with one attached hydrogen (secondary N) is 1. The molecule has 0 bridgehead atoms. The van der Waals surface area contributed by atoms with E-state index >= 15 is 0 Å². The molecule has 0 aliphatic carbocycles. The van der Waals surface area contributed by atoms with E-state index in [1.165, 1.54) is 0 Å². The van der Waals surface area contributed by atoms with E-state index in [1.807, 2.05) is 0 Å². The van der Waals surface area contributed by atoms with Gasteiger partial charge in [0.05, 0.1) is 12.4 Å². The number of rotatable bonds is 3. The quantitative estimate of drug-likeness (QED) is 0.610. The molecule has 0 radical (unpaired) electrons. The normalized spacial score (nSPS) is 8.89. The van der Waals surface area contributed by atoms with Gasteiger partial charge in [0.2, 0.25) is 0 Å². The Labute approximate surface area is 53.3 Å². The first-order valence-electron chi connectivity index (χ1n) is 2.66. The van der Waals surface area contributed by atoms with Crippen LogP contribution >= 0.6 is 0 Å². The number of nitrogens with zero attached hydrogens (tertiary/aromatic N) is 1. The lowest BCUT2D eigenvalue weighted by Crippen LogP contribution is -1.89. The molecule has 0 amide bonds. The molecular formula is C6H8N2O. The van der Waals surface area contributed by atoms with E-state index in [4.69, 9.17) is 4.74 Å². The Bertz CT molecular complexity index is 169. The average Bonchev–Trinajstić information content (AvgIpc) is 2.34. The summed E-state index contributed by atoms with van der Waals surface area (Å²) in [5.74, 6) is 0.745. The van der Waals surface area contributed by atoms with Crippen LogP contribution in [0.3, 0.4) is 0 Å².